The zero-order chi connectivity index (χ0) is 13.4. The van der Waals surface area contributed by atoms with E-state index in [1.165, 1.54) is 17.5 Å². The fourth-order valence-corrected chi connectivity index (χ4v) is 3.12. The van der Waals surface area contributed by atoms with Gasteiger partial charge in [0, 0.05) is 12.6 Å². The topological polar surface area (TPSA) is 55.6 Å². The Morgan fingerprint density at radius 2 is 2.20 bits per heavy atom. The molecule has 5 nitrogen and oxygen atoms in total. The summed E-state index contributed by atoms with van der Waals surface area (Å²) in [6.45, 7) is 1.50. The van der Waals surface area contributed by atoms with Crippen molar-refractivity contribution >= 4 is 21.6 Å². The molecule has 0 aliphatic heterocycles. The summed E-state index contributed by atoms with van der Waals surface area (Å²) in [6.07, 6.45) is 4.58. The third-order valence-corrected chi connectivity index (χ3v) is 4.39. The highest BCUT2D eigenvalue weighted by Crippen LogP contribution is 2.22. The van der Waals surface area contributed by atoms with Gasteiger partial charge in [0.15, 0.2) is 0 Å². The number of aromatic nitrogens is 4. The molecule has 102 valence electrons. The molecule has 1 aliphatic rings. The molecule has 3 aromatic rings. The number of hydrogen-bond donors (Lipinski definition) is 1. The van der Waals surface area contributed by atoms with E-state index in [2.05, 4.69) is 26.7 Å². The Bertz CT molecular complexity index is 695. The predicted molar refractivity (Wildman–Crippen MR) is 78.6 cm³/mol. The maximum atomic E-state index is 4.62. The van der Waals surface area contributed by atoms with Crippen LogP contribution in [0.15, 0.2) is 30.5 Å². The van der Waals surface area contributed by atoms with E-state index in [0.717, 1.165) is 22.8 Å². The minimum Gasteiger partial charge on any atom is -0.308 e. The second kappa shape index (κ2) is 4.96. The summed E-state index contributed by atoms with van der Waals surface area (Å²) in [5.74, 6) is 0. The second-order valence-corrected chi connectivity index (χ2v) is 6.25. The highest BCUT2D eigenvalue weighted by atomic mass is 32.1. The minimum absolute atomic E-state index is 0.690. The van der Waals surface area contributed by atoms with Gasteiger partial charge in [0.25, 0.3) is 0 Å². The summed E-state index contributed by atoms with van der Waals surface area (Å²) in [4.78, 5) is 4.62. The molecule has 6 heteroatoms. The Morgan fingerprint density at radius 3 is 3.05 bits per heavy atom. The molecule has 0 bridgehead atoms. The van der Waals surface area contributed by atoms with E-state index < -0.39 is 0 Å². The summed E-state index contributed by atoms with van der Waals surface area (Å²) in [6, 6.07) is 8.90. The third-order valence-electron chi connectivity index (χ3n) is 3.37. The molecule has 0 spiro atoms. The van der Waals surface area contributed by atoms with Gasteiger partial charge in [-0.2, -0.15) is 0 Å². The van der Waals surface area contributed by atoms with Crippen molar-refractivity contribution in [3.05, 3.63) is 41.2 Å². The average Bonchev–Trinajstić information content (AvgIpc) is 3.04. The smallest absolute Gasteiger partial charge is 0.115 e. The van der Waals surface area contributed by atoms with Crippen LogP contribution >= 0.6 is 11.3 Å². The van der Waals surface area contributed by atoms with Crippen molar-refractivity contribution in [1.29, 1.82) is 0 Å². The Labute approximate surface area is 120 Å². The number of benzene rings is 1. The normalized spacial score (nSPS) is 15.0. The van der Waals surface area contributed by atoms with Gasteiger partial charge in [-0.1, -0.05) is 17.3 Å². The fourth-order valence-electron chi connectivity index (χ4n) is 2.16. The molecular weight excluding hydrogens is 270 g/mol. The number of nitrogens with zero attached hydrogens (tertiary/aromatic N) is 4. The highest BCUT2D eigenvalue weighted by molar-refractivity contribution is 7.18. The van der Waals surface area contributed by atoms with E-state index in [1.54, 1.807) is 11.3 Å². The number of thiazole rings is 1. The molecule has 2 heterocycles. The predicted octanol–water partition coefficient (Wildman–Crippen LogP) is 2.19. The highest BCUT2D eigenvalue weighted by Gasteiger charge is 2.20. The molecule has 0 saturated heterocycles. The van der Waals surface area contributed by atoms with Gasteiger partial charge in [-0.25, -0.2) is 9.67 Å². The van der Waals surface area contributed by atoms with Crippen LogP contribution in [0.3, 0.4) is 0 Å². The molecule has 0 atom stereocenters. The SMILES string of the molecule is c1ccc2sc(Cn3cc(CNC4CC4)nn3)nc2c1. The van der Waals surface area contributed by atoms with Crippen LogP contribution in [-0.2, 0) is 13.1 Å². The van der Waals surface area contributed by atoms with Crippen LogP contribution in [0.2, 0.25) is 0 Å². The van der Waals surface area contributed by atoms with Gasteiger partial charge in [0.2, 0.25) is 0 Å². The first-order valence-electron chi connectivity index (χ1n) is 6.84. The Morgan fingerprint density at radius 1 is 1.30 bits per heavy atom. The van der Waals surface area contributed by atoms with Crippen molar-refractivity contribution in [3.63, 3.8) is 0 Å². The van der Waals surface area contributed by atoms with Crippen molar-refractivity contribution in [3.8, 4) is 0 Å². The average molecular weight is 285 g/mol. The van der Waals surface area contributed by atoms with Gasteiger partial charge in [-0.15, -0.1) is 16.4 Å². The number of para-hydroxylation sites is 1. The summed E-state index contributed by atoms with van der Waals surface area (Å²) in [7, 11) is 0. The number of fused-ring (bicyclic) bond motifs is 1. The first-order valence-corrected chi connectivity index (χ1v) is 7.65. The van der Waals surface area contributed by atoms with Gasteiger partial charge in [-0.05, 0) is 25.0 Å². The molecule has 1 aromatic carbocycles. The van der Waals surface area contributed by atoms with Gasteiger partial charge in [-0.3, -0.25) is 0 Å². The van der Waals surface area contributed by atoms with Crippen LogP contribution in [0.25, 0.3) is 10.2 Å². The lowest BCUT2D eigenvalue weighted by Gasteiger charge is -1.96. The molecule has 4 rings (SSSR count). The quantitative estimate of drug-likeness (QED) is 0.780. The standard InChI is InChI=1S/C14H15N5S/c1-2-4-13-12(3-1)16-14(20-13)9-19-8-11(17-18-19)7-15-10-5-6-10/h1-4,8,10,15H,5-7,9H2. The fraction of sp³-hybridized carbons (Fsp3) is 0.357. The molecule has 1 fully saturated rings. The van der Waals surface area contributed by atoms with Gasteiger partial charge in [0.1, 0.15) is 5.01 Å². The summed E-state index contributed by atoms with van der Waals surface area (Å²) in [5, 5.41) is 12.9. The van der Waals surface area contributed by atoms with E-state index in [1.807, 2.05) is 29.1 Å². The van der Waals surface area contributed by atoms with Crippen LogP contribution in [0, 0.1) is 0 Å². The van der Waals surface area contributed by atoms with Crippen LogP contribution in [0.5, 0.6) is 0 Å². The maximum absolute atomic E-state index is 4.62. The molecule has 1 saturated carbocycles. The number of hydrogen-bond acceptors (Lipinski definition) is 5. The molecule has 0 amide bonds. The Kier molecular flexibility index (Phi) is 2.97. The van der Waals surface area contributed by atoms with Crippen molar-refractivity contribution in [1.82, 2.24) is 25.3 Å². The zero-order valence-corrected chi connectivity index (χ0v) is 11.8. The lowest BCUT2D eigenvalue weighted by molar-refractivity contribution is 0.644. The number of nitrogens with one attached hydrogen (secondary N) is 1. The Balaban J connectivity index is 1.47. The van der Waals surface area contributed by atoms with E-state index >= 15 is 0 Å². The lowest BCUT2D eigenvalue weighted by atomic mass is 10.3. The minimum atomic E-state index is 0.690. The van der Waals surface area contributed by atoms with E-state index in [9.17, 15) is 0 Å². The van der Waals surface area contributed by atoms with E-state index in [4.69, 9.17) is 0 Å². The summed E-state index contributed by atoms with van der Waals surface area (Å²) < 4.78 is 3.08. The molecular formula is C14H15N5S. The molecule has 20 heavy (non-hydrogen) atoms. The molecule has 2 aromatic heterocycles. The summed E-state index contributed by atoms with van der Waals surface area (Å²) >= 11 is 1.71. The molecule has 0 radical (unpaired) electrons. The summed E-state index contributed by atoms with van der Waals surface area (Å²) in [5.41, 5.74) is 2.06. The monoisotopic (exact) mass is 285 g/mol. The first-order chi connectivity index (χ1) is 9.87. The van der Waals surface area contributed by atoms with Crippen LogP contribution in [0.4, 0.5) is 0 Å². The van der Waals surface area contributed by atoms with Crippen LogP contribution in [-0.4, -0.2) is 26.0 Å². The van der Waals surface area contributed by atoms with E-state index in [-0.39, 0.29) is 0 Å². The third kappa shape index (κ3) is 2.57. The number of rotatable bonds is 5. The van der Waals surface area contributed by atoms with Gasteiger partial charge >= 0.3 is 0 Å². The van der Waals surface area contributed by atoms with Crippen LogP contribution in [0.1, 0.15) is 23.5 Å². The van der Waals surface area contributed by atoms with Crippen molar-refractivity contribution in [2.24, 2.45) is 0 Å². The maximum Gasteiger partial charge on any atom is 0.115 e. The molecule has 1 aliphatic carbocycles. The largest absolute Gasteiger partial charge is 0.308 e. The molecule has 1 N–H and O–H groups in total. The van der Waals surface area contributed by atoms with Crippen LogP contribution < -0.4 is 5.32 Å². The zero-order valence-electron chi connectivity index (χ0n) is 11.0. The van der Waals surface area contributed by atoms with Crippen molar-refractivity contribution < 1.29 is 0 Å². The second-order valence-electron chi connectivity index (χ2n) is 5.14. The first kappa shape index (κ1) is 12.0. The van der Waals surface area contributed by atoms with Crippen molar-refractivity contribution in [2.75, 3.05) is 0 Å². The molecule has 0 unspecified atom stereocenters. The van der Waals surface area contributed by atoms with E-state index in [0.29, 0.717) is 12.6 Å². The Hall–Kier alpha value is -1.79. The van der Waals surface area contributed by atoms with Gasteiger partial charge in [0.05, 0.1) is 28.7 Å². The van der Waals surface area contributed by atoms with Crippen molar-refractivity contribution in [2.45, 2.75) is 32.0 Å². The van der Waals surface area contributed by atoms with Gasteiger partial charge < -0.3 is 5.32 Å². The lowest BCUT2D eigenvalue weighted by Crippen LogP contribution is -2.15.